The second-order valence-electron chi connectivity index (χ2n) is 7.19. The molecule has 0 radical (unpaired) electrons. The average molecular weight is 410 g/mol. The Morgan fingerprint density at radius 1 is 1.07 bits per heavy atom. The van der Waals surface area contributed by atoms with Crippen molar-refractivity contribution in [2.75, 3.05) is 24.5 Å². The zero-order chi connectivity index (χ0) is 19.5. The number of nitrogens with zero attached hydrogens (tertiary/aromatic N) is 2. The van der Waals surface area contributed by atoms with Gasteiger partial charge in [0.25, 0.3) is 0 Å². The molecule has 0 fully saturated rings. The molecule has 0 aliphatic carbocycles. The molecule has 2 aliphatic rings. The molecule has 1 atom stereocenters. The number of para-hydroxylation sites is 1. The van der Waals surface area contributed by atoms with Crippen molar-refractivity contribution in [3.05, 3.63) is 60.2 Å². The van der Waals surface area contributed by atoms with Gasteiger partial charge in [0.1, 0.15) is 4.99 Å². The summed E-state index contributed by atoms with van der Waals surface area (Å²) in [5.74, 6) is 0. The fraction of sp³-hybridized carbons (Fsp3) is 0.348. The summed E-state index contributed by atoms with van der Waals surface area (Å²) in [5.41, 5.74) is 3.66. The minimum atomic E-state index is 0.322. The number of anilines is 2. The highest BCUT2D eigenvalue weighted by Gasteiger charge is 2.32. The van der Waals surface area contributed by atoms with E-state index in [1.165, 1.54) is 21.2 Å². The fourth-order valence-corrected chi connectivity index (χ4v) is 5.21. The third-order valence-corrected chi connectivity index (χ3v) is 6.80. The van der Waals surface area contributed by atoms with E-state index < -0.39 is 0 Å². The van der Waals surface area contributed by atoms with Gasteiger partial charge in [-0.25, -0.2) is 0 Å². The Hall–Kier alpha value is -1.82. The van der Waals surface area contributed by atoms with Gasteiger partial charge < -0.3 is 10.2 Å². The molecule has 1 N–H and O–H groups in total. The van der Waals surface area contributed by atoms with Crippen LogP contribution in [0.2, 0.25) is 0 Å². The van der Waals surface area contributed by atoms with Crippen molar-refractivity contribution < 1.29 is 0 Å². The summed E-state index contributed by atoms with van der Waals surface area (Å²) in [6.07, 6.45) is 7.00. The number of fused-ring (bicyclic) bond motifs is 2. The van der Waals surface area contributed by atoms with Gasteiger partial charge in [0, 0.05) is 35.0 Å². The molecule has 1 unspecified atom stereocenters. The Labute approximate surface area is 177 Å². The standard InChI is InChI=1S/C23H27N3S2/c1-3-13-24-23(27)17-11-12-21-19(16-17)26(18-9-5-6-10-20(18)28-21)22(4-2)25-14-7-8-15-25/h5-12,16,22H,3-4,13-15H2,1-2H3,(H,24,27). The van der Waals surface area contributed by atoms with Crippen LogP contribution in [0.15, 0.2) is 64.4 Å². The molecule has 2 aliphatic heterocycles. The first-order chi connectivity index (χ1) is 13.7. The van der Waals surface area contributed by atoms with Crippen molar-refractivity contribution in [1.82, 2.24) is 10.2 Å². The molecule has 2 heterocycles. The van der Waals surface area contributed by atoms with E-state index in [-0.39, 0.29) is 0 Å². The molecule has 146 valence electrons. The van der Waals surface area contributed by atoms with Gasteiger partial charge >= 0.3 is 0 Å². The molecule has 5 heteroatoms. The van der Waals surface area contributed by atoms with E-state index in [0.29, 0.717) is 6.17 Å². The highest BCUT2D eigenvalue weighted by atomic mass is 32.2. The van der Waals surface area contributed by atoms with Crippen molar-refractivity contribution in [3.63, 3.8) is 0 Å². The maximum absolute atomic E-state index is 5.65. The van der Waals surface area contributed by atoms with Crippen molar-refractivity contribution >= 4 is 40.3 Å². The fourth-order valence-electron chi connectivity index (χ4n) is 3.93. The highest BCUT2D eigenvalue weighted by molar-refractivity contribution is 7.99. The van der Waals surface area contributed by atoms with Gasteiger partial charge in [-0.2, -0.15) is 0 Å². The van der Waals surface area contributed by atoms with Crippen LogP contribution in [0.25, 0.3) is 0 Å². The SMILES string of the molecule is CCCNC(=S)c1ccc2c(c1)N(C(CC)N1CC=CC1)c1ccccc1S2. The summed E-state index contributed by atoms with van der Waals surface area (Å²) in [7, 11) is 0. The van der Waals surface area contributed by atoms with Gasteiger partial charge in [-0.05, 0) is 37.1 Å². The summed E-state index contributed by atoms with van der Waals surface area (Å²) in [6.45, 7) is 7.37. The zero-order valence-electron chi connectivity index (χ0n) is 16.5. The molecule has 0 amide bonds. The van der Waals surface area contributed by atoms with Crippen LogP contribution in [0.5, 0.6) is 0 Å². The molecule has 0 bridgehead atoms. The number of hydrogen-bond donors (Lipinski definition) is 1. The third kappa shape index (κ3) is 3.71. The van der Waals surface area contributed by atoms with Gasteiger partial charge in [0.2, 0.25) is 0 Å². The minimum absolute atomic E-state index is 0.322. The van der Waals surface area contributed by atoms with E-state index in [9.17, 15) is 0 Å². The molecule has 0 saturated carbocycles. The maximum atomic E-state index is 5.65. The second-order valence-corrected chi connectivity index (χ2v) is 8.68. The smallest absolute Gasteiger partial charge is 0.106 e. The molecule has 0 aromatic heterocycles. The number of rotatable bonds is 6. The molecular weight excluding hydrogens is 382 g/mol. The average Bonchev–Trinajstić information content (AvgIpc) is 3.26. The van der Waals surface area contributed by atoms with E-state index in [1.807, 2.05) is 11.8 Å². The van der Waals surface area contributed by atoms with Crippen LogP contribution in [-0.4, -0.2) is 35.7 Å². The van der Waals surface area contributed by atoms with E-state index in [2.05, 4.69) is 83.6 Å². The number of benzene rings is 2. The lowest BCUT2D eigenvalue weighted by molar-refractivity contribution is 0.248. The number of thiocarbonyl (C=S) groups is 1. The van der Waals surface area contributed by atoms with E-state index >= 15 is 0 Å². The predicted molar refractivity (Wildman–Crippen MR) is 124 cm³/mol. The van der Waals surface area contributed by atoms with Crippen molar-refractivity contribution in [3.8, 4) is 0 Å². The van der Waals surface area contributed by atoms with Crippen LogP contribution in [0.4, 0.5) is 11.4 Å². The van der Waals surface area contributed by atoms with E-state index in [4.69, 9.17) is 12.2 Å². The first-order valence-electron chi connectivity index (χ1n) is 10.1. The summed E-state index contributed by atoms with van der Waals surface area (Å²) < 4.78 is 0. The van der Waals surface area contributed by atoms with Crippen molar-refractivity contribution in [2.24, 2.45) is 0 Å². The normalized spacial score (nSPS) is 16.6. The van der Waals surface area contributed by atoms with Crippen LogP contribution in [0.3, 0.4) is 0 Å². The summed E-state index contributed by atoms with van der Waals surface area (Å²) in [6, 6.07) is 15.4. The topological polar surface area (TPSA) is 18.5 Å². The first-order valence-corrected chi connectivity index (χ1v) is 11.3. The lowest BCUT2D eigenvalue weighted by Gasteiger charge is -2.42. The second kappa shape index (κ2) is 8.68. The van der Waals surface area contributed by atoms with Gasteiger partial charge in [0.05, 0.1) is 17.5 Å². The van der Waals surface area contributed by atoms with E-state index in [1.54, 1.807) is 0 Å². The Morgan fingerprint density at radius 3 is 2.57 bits per heavy atom. The Kier molecular flexibility index (Phi) is 6.04. The van der Waals surface area contributed by atoms with Crippen LogP contribution in [0, 0.1) is 0 Å². The van der Waals surface area contributed by atoms with Gasteiger partial charge in [-0.15, -0.1) is 0 Å². The molecule has 2 aromatic carbocycles. The molecule has 2 aromatic rings. The van der Waals surface area contributed by atoms with Crippen LogP contribution >= 0.6 is 24.0 Å². The van der Waals surface area contributed by atoms with Gasteiger partial charge in [-0.3, -0.25) is 4.90 Å². The number of hydrogen-bond acceptors (Lipinski definition) is 4. The molecule has 28 heavy (non-hydrogen) atoms. The summed E-state index contributed by atoms with van der Waals surface area (Å²) in [4.78, 5) is 8.52. The Balaban J connectivity index is 1.77. The highest BCUT2D eigenvalue weighted by Crippen LogP contribution is 2.50. The minimum Gasteiger partial charge on any atom is -0.376 e. The van der Waals surface area contributed by atoms with Crippen LogP contribution in [-0.2, 0) is 0 Å². The lowest BCUT2D eigenvalue weighted by Crippen LogP contribution is -2.46. The summed E-state index contributed by atoms with van der Waals surface area (Å²) >= 11 is 7.51. The zero-order valence-corrected chi connectivity index (χ0v) is 18.2. The van der Waals surface area contributed by atoms with Crippen molar-refractivity contribution in [1.29, 1.82) is 0 Å². The van der Waals surface area contributed by atoms with Crippen LogP contribution in [0.1, 0.15) is 32.3 Å². The Morgan fingerprint density at radius 2 is 1.82 bits per heavy atom. The lowest BCUT2D eigenvalue weighted by atomic mass is 10.1. The maximum Gasteiger partial charge on any atom is 0.106 e. The quantitative estimate of drug-likeness (QED) is 0.495. The van der Waals surface area contributed by atoms with Crippen molar-refractivity contribution in [2.45, 2.75) is 42.6 Å². The van der Waals surface area contributed by atoms with Gasteiger partial charge in [-0.1, -0.05) is 68.2 Å². The molecule has 0 saturated heterocycles. The summed E-state index contributed by atoms with van der Waals surface area (Å²) in [5, 5.41) is 3.37. The predicted octanol–water partition coefficient (Wildman–Crippen LogP) is 5.57. The number of nitrogens with one attached hydrogen (secondary N) is 1. The first kappa shape index (κ1) is 19.5. The largest absolute Gasteiger partial charge is 0.376 e. The monoisotopic (exact) mass is 409 g/mol. The molecular formula is C23H27N3S2. The Bertz CT molecular complexity index is 885. The molecule has 4 rings (SSSR count). The molecule has 0 spiro atoms. The third-order valence-electron chi connectivity index (χ3n) is 5.29. The molecule has 3 nitrogen and oxygen atoms in total. The van der Waals surface area contributed by atoms with Gasteiger partial charge in [0.15, 0.2) is 0 Å². The van der Waals surface area contributed by atoms with Crippen LogP contribution < -0.4 is 10.2 Å². The van der Waals surface area contributed by atoms with E-state index in [0.717, 1.165) is 43.0 Å².